The third kappa shape index (κ3) is 4.94. The molecular weight excluding hydrogens is 390 g/mol. The van der Waals surface area contributed by atoms with Crippen molar-refractivity contribution in [2.45, 2.75) is 12.1 Å². The van der Waals surface area contributed by atoms with Crippen LogP contribution in [0.15, 0.2) is 58.8 Å². The van der Waals surface area contributed by atoms with E-state index in [1.807, 2.05) is 62.5 Å². The number of rotatable bonds is 5. The lowest BCUT2D eigenvalue weighted by Gasteiger charge is -2.07. The van der Waals surface area contributed by atoms with E-state index in [-0.39, 0.29) is 5.04 Å². The van der Waals surface area contributed by atoms with Crippen LogP contribution in [0, 0.1) is 6.92 Å². The number of nitrogens with one attached hydrogen (secondary N) is 1. The molecule has 0 unspecified atom stereocenters. The molecule has 1 heterocycles. The minimum atomic E-state index is -0.566. The predicted molar refractivity (Wildman–Crippen MR) is 113 cm³/mol. The fourth-order valence-corrected chi connectivity index (χ4v) is 3.16. The van der Waals surface area contributed by atoms with Gasteiger partial charge >= 0.3 is 5.97 Å². The van der Waals surface area contributed by atoms with Crippen molar-refractivity contribution in [3.63, 3.8) is 0 Å². The predicted octanol–water partition coefficient (Wildman–Crippen LogP) is 3.49. The molecule has 1 N–H and O–H groups in total. The lowest BCUT2D eigenvalue weighted by molar-refractivity contribution is -0.132. The number of nitrogens with zero attached hydrogens (tertiary/aromatic N) is 4. The van der Waals surface area contributed by atoms with E-state index in [2.05, 4.69) is 20.7 Å². The van der Waals surface area contributed by atoms with Gasteiger partial charge < -0.3 is 14.0 Å². The number of benzene rings is 2. The number of hydrogen-bond donors (Lipinski definition) is 1. The van der Waals surface area contributed by atoms with Gasteiger partial charge in [-0.25, -0.2) is 4.79 Å². The van der Waals surface area contributed by atoms with Crippen molar-refractivity contribution in [3.8, 4) is 17.1 Å². The van der Waals surface area contributed by atoms with Crippen LogP contribution in [-0.4, -0.2) is 40.0 Å². The Balaban J connectivity index is 1.82. The topological polar surface area (TPSA) is 90.6 Å². The average Bonchev–Trinajstić information content (AvgIpc) is 3.11. The van der Waals surface area contributed by atoms with Crippen LogP contribution in [0.3, 0.4) is 0 Å². The number of aryl methyl sites for hydroxylation is 1. The Morgan fingerprint density at radius 2 is 1.76 bits per heavy atom. The SMILES string of the molecule is COC(=O)C(=NNc1ccc(C)cc1)Sc1nnc(-c2ccc(OC)cc2)n1C. The van der Waals surface area contributed by atoms with Crippen molar-refractivity contribution in [3.05, 3.63) is 54.1 Å². The van der Waals surface area contributed by atoms with Crippen LogP contribution < -0.4 is 10.2 Å². The second kappa shape index (κ2) is 9.24. The molecule has 3 aromatic rings. The van der Waals surface area contributed by atoms with Crippen molar-refractivity contribution in [2.24, 2.45) is 12.1 Å². The van der Waals surface area contributed by atoms with Gasteiger partial charge in [-0.2, -0.15) is 5.10 Å². The largest absolute Gasteiger partial charge is 0.497 e. The summed E-state index contributed by atoms with van der Waals surface area (Å²) in [4.78, 5) is 12.2. The third-order valence-corrected chi connectivity index (χ3v) is 5.06. The fourth-order valence-electron chi connectivity index (χ4n) is 2.42. The van der Waals surface area contributed by atoms with Gasteiger partial charge in [0.05, 0.1) is 19.9 Å². The molecule has 0 spiro atoms. The third-order valence-electron chi connectivity index (χ3n) is 4.07. The number of methoxy groups -OCH3 is 2. The van der Waals surface area contributed by atoms with E-state index in [0.29, 0.717) is 11.0 Å². The molecule has 0 bridgehead atoms. The van der Waals surface area contributed by atoms with Gasteiger partial charge in [0, 0.05) is 12.6 Å². The molecular formula is C20H21N5O3S. The summed E-state index contributed by atoms with van der Waals surface area (Å²) in [6.45, 7) is 2.00. The van der Waals surface area contributed by atoms with E-state index >= 15 is 0 Å². The van der Waals surface area contributed by atoms with E-state index < -0.39 is 5.97 Å². The van der Waals surface area contributed by atoms with Crippen molar-refractivity contribution < 1.29 is 14.3 Å². The number of carbonyl (C=O) groups is 1. The molecule has 0 saturated heterocycles. The van der Waals surface area contributed by atoms with Gasteiger partial charge in [-0.05, 0) is 55.1 Å². The van der Waals surface area contributed by atoms with Crippen molar-refractivity contribution in [1.82, 2.24) is 14.8 Å². The molecule has 0 aliphatic carbocycles. The molecule has 0 radical (unpaired) electrons. The molecule has 2 aromatic carbocycles. The molecule has 3 rings (SSSR count). The lowest BCUT2D eigenvalue weighted by Crippen LogP contribution is -2.15. The van der Waals surface area contributed by atoms with Gasteiger partial charge in [-0.3, -0.25) is 5.43 Å². The van der Waals surface area contributed by atoms with Gasteiger partial charge in [0.2, 0.25) is 5.04 Å². The summed E-state index contributed by atoms with van der Waals surface area (Å²) in [6.07, 6.45) is 0. The highest BCUT2D eigenvalue weighted by molar-refractivity contribution is 8.15. The monoisotopic (exact) mass is 411 g/mol. The minimum absolute atomic E-state index is 0.116. The number of esters is 1. The number of thioether (sulfide) groups is 1. The van der Waals surface area contributed by atoms with Crippen molar-refractivity contribution >= 4 is 28.5 Å². The van der Waals surface area contributed by atoms with Gasteiger partial charge in [-0.15, -0.1) is 10.2 Å². The molecule has 150 valence electrons. The van der Waals surface area contributed by atoms with E-state index in [9.17, 15) is 4.79 Å². The first-order valence-electron chi connectivity index (χ1n) is 8.72. The Bertz CT molecular complexity index is 1010. The Labute approximate surface area is 172 Å². The number of ether oxygens (including phenoxy) is 2. The van der Waals surface area contributed by atoms with E-state index in [4.69, 9.17) is 9.47 Å². The van der Waals surface area contributed by atoms with Crippen LogP contribution in [0.5, 0.6) is 5.75 Å². The maximum absolute atomic E-state index is 12.2. The van der Waals surface area contributed by atoms with Gasteiger partial charge in [-0.1, -0.05) is 17.7 Å². The summed E-state index contributed by atoms with van der Waals surface area (Å²) in [6, 6.07) is 15.1. The second-order valence-corrected chi connectivity index (χ2v) is 7.04. The molecule has 9 heteroatoms. The zero-order valence-electron chi connectivity index (χ0n) is 16.5. The average molecular weight is 411 g/mol. The molecule has 1 aromatic heterocycles. The number of anilines is 1. The minimum Gasteiger partial charge on any atom is -0.497 e. The number of carbonyl (C=O) groups excluding carboxylic acids is 1. The molecule has 0 aliphatic rings. The summed E-state index contributed by atoms with van der Waals surface area (Å²) in [5.74, 6) is 0.849. The van der Waals surface area contributed by atoms with E-state index in [1.165, 1.54) is 7.11 Å². The lowest BCUT2D eigenvalue weighted by atomic mass is 10.2. The summed E-state index contributed by atoms with van der Waals surface area (Å²) in [5, 5.41) is 13.2. The van der Waals surface area contributed by atoms with Crippen molar-refractivity contribution in [2.75, 3.05) is 19.6 Å². The van der Waals surface area contributed by atoms with E-state index in [0.717, 1.165) is 34.3 Å². The highest BCUT2D eigenvalue weighted by Crippen LogP contribution is 2.25. The molecule has 0 saturated carbocycles. The molecule has 0 aliphatic heterocycles. The molecule has 8 nitrogen and oxygen atoms in total. The van der Waals surface area contributed by atoms with E-state index in [1.54, 1.807) is 11.7 Å². The zero-order valence-corrected chi connectivity index (χ0v) is 17.4. The first-order valence-corrected chi connectivity index (χ1v) is 9.54. The summed E-state index contributed by atoms with van der Waals surface area (Å²) in [5.41, 5.74) is 5.64. The molecule has 29 heavy (non-hydrogen) atoms. The summed E-state index contributed by atoms with van der Waals surface area (Å²) >= 11 is 1.07. The highest BCUT2D eigenvalue weighted by atomic mass is 32.2. The Morgan fingerprint density at radius 3 is 2.38 bits per heavy atom. The van der Waals surface area contributed by atoms with Crippen LogP contribution in [-0.2, 0) is 16.6 Å². The smallest absolute Gasteiger partial charge is 0.365 e. The van der Waals surface area contributed by atoms with Crippen LogP contribution in [0.2, 0.25) is 0 Å². The number of hydrazone groups is 1. The number of aromatic nitrogens is 3. The van der Waals surface area contributed by atoms with Crippen LogP contribution in [0.25, 0.3) is 11.4 Å². The summed E-state index contributed by atoms with van der Waals surface area (Å²) < 4.78 is 11.8. The Hall–Kier alpha value is -3.33. The second-order valence-electron chi connectivity index (χ2n) is 6.08. The Kier molecular flexibility index (Phi) is 6.50. The van der Waals surface area contributed by atoms with Gasteiger partial charge in [0.1, 0.15) is 5.75 Å². The summed E-state index contributed by atoms with van der Waals surface area (Å²) in [7, 11) is 4.75. The standard InChI is InChI=1S/C20H21N5O3S/c1-13-5-9-15(10-6-13)21-23-18(19(26)28-4)29-20-24-22-17(25(20)2)14-7-11-16(27-3)12-8-14/h5-12,21H,1-4H3. The van der Waals surface area contributed by atoms with Crippen molar-refractivity contribution in [1.29, 1.82) is 0 Å². The highest BCUT2D eigenvalue weighted by Gasteiger charge is 2.20. The number of hydrogen-bond acceptors (Lipinski definition) is 8. The van der Waals surface area contributed by atoms with Gasteiger partial charge in [0.15, 0.2) is 11.0 Å². The first-order chi connectivity index (χ1) is 14.0. The maximum atomic E-state index is 12.2. The van der Waals surface area contributed by atoms with Crippen LogP contribution >= 0.6 is 11.8 Å². The Morgan fingerprint density at radius 1 is 1.07 bits per heavy atom. The molecule has 0 amide bonds. The quantitative estimate of drug-likeness (QED) is 0.226. The first kappa shape index (κ1) is 20.4. The molecule has 0 atom stereocenters. The normalized spacial score (nSPS) is 11.2. The van der Waals surface area contributed by atoms with Crippen LogP contribution in [0.4, 0.5) is 5.69 Å². The maximum Gasteiger partial charge on any atom is 0.365 e. The zero-order chi connectivity index (χ0) is 20.8. The van der Waals surface area contributed by atoms with Crippen LogP contribution in [0.1, 0.15) is 5.56 Å². The van der Waals surface area contributed by atoms with Gasteiger partial charge in [0.25, 0.3) is 0 Å². The fraction of sp³-hybridized carbons (Fsp3) is 0.200. The molecule has 0 fully saturated rings.